The summed E-state index contributed by atoms with van der Waals surface area (Å²) in [6, 6.07) is 23.8. The van der Waals surface area contributed by atoms with Gasteiger partial charge in [0.05, 0.1) is 17.7 Å². The first-order chi connectivity index (χ1) is 12.6. The van der Waals surface area contributed by atoms with Gasteiger partial charge in [-0.1, -0.05) is 42.5 Å². The maximum absolute atomic E-state index is 12.7. The van der Waals surface area contributed by atoms with E-state index in [0.717, 1.165) is 10.6 Å². The molecule has 26 heavy (non-hydrogen) atoms. The molecule has 0 aliphatic carbocycles. The molecule has 0 radical (unpaired) electrons. The molecule has 1 N–H and O–H groups in total. The summed E-state index contributed by atoms with van der Waals surface area (Å²) in [5.74, 6) is 1.38. The number of anilines is 1. The van der Waals surface area contributed by atoms with E-state index in [-0.39, 0.29) is 4.90 Å². The minimum atomic E-state index is -3.66. The van der Waals surface area contributed by atoms with E-state index in [4.69, 9.17) is 4.74 Å². The van der Waals surface area contributed by atoms with Crippen LogP contribution in [0.5, 0.6) is 5.75 Å². The van der Waals surface area contributed by atoms with Crippen LogP contribution < -0.4 is 9.46 Å². The second kappa shape index (κ2) is 8.29. The van der Waals surface area contributed by atoms with Crippen molar-refractivity contribution in [1.82, 2.24) is 0 Å². The first-order valence-electron chi connectivity index (χ1n) is 8.01. The highest BCUT2D eigenvalue weighted by atomic mass is 32.2. The molecule has 0 saturated carbocycles. The summed E-state index contributed by atoms with van der Waals surface area (Å²) < 4.78 is 33.1. The zero-order chi connectivity index (χ0) is 18.4. The smallest absolute Gasteiger partial charge is 0.261 e. The predicted molar refractivity (Wildman–Crippen MR) is 106 cm³/mol. The lowest BCUT2D eigenvalue weighted by molar-refractivity contribution is 0.414. The van der Waals surface area contributed by atoms with Crippen LogP contribution in [0.3, 0.4) is 0 Å². The maximum atomic E-state index is 12.7. The van der Waals surface area contributed by atoms with Gasteiger partial charge >= 0.3 is 0 Å². The molecule has 4 nitrogen and oxygen atoms in total. The Morgan fingerprint density at radius 2 is 1.54 bits per heavy atom. The van der Waals surface area contributed by atoms with Crippen LogP contribution in [0.4, 0.5) is 5.69 Å². The lowest BCUT2D eigenvalue weighted by atomic mass is 10.2. The third-order valence-corrected chi connectivity index (χ3v) is 6.26. The molecule has 0 fully saturated rings. The van der Waals surface area contributed by atoms with E-state index in [1.807, 2.05) is 36.4 Å². The Balaban J connectivity index is 1.78. The van der Waals surface area contributed by atoms with Crippen LogP contribution in [-0.2, 0) is 15.8 Å². The fourth-order valence-electron chi connectivity index (χ4n) is 2.37. The minimum absolute atomic E-state index is 0.196. The molecule has 0 amide bonds. The number of hydrogen-bond donors (Lipinski definition) is 1. The molecule has 0 aliphatic heterocycles. The van der Waals surface area contributed by atoms with Crippen LogP contribution in [0, 0.1) is 0 Å². The molecule has 0 atom stereocenters. The molecule has 3 aromatic carbocycles. The predicted octanol–water partition coefficient (Wildman–Crippen LogP) is 4.79. The summed E-state index contributed by atoms with van der Waals surface area (Å²) in [5.41, 5.74) is 1.76. The Bertz CT molecular complexity index is 956. The molecule has 0 spiro atoms. The normalized spacial score (nSPS) is 11.1. The number of para-hydroxylation sites is 1. The number of ether oxygens (including phenoxy) is 1. The highest BCUT2D eigenvalue weighted by Crippen LogP contribution is 2.31. The van der Waals surface area contributed by atoms with Crippen molar-refractivity contribution in [3.63, 3.8) is 0 Å². The average molecular weight is 386 g/mol. The molecule has 3 rings (SSSR count). The highest BCUT2D eigenvalue weighted by molar-refractivity contribution is 7.98. The fourth-order valence-corrected chi connectivity index (χ4v) is 4.48. The molecule has 0 heterocycles. The molecular weight excluding hydrogens is 366 g/mol. The Kier molecular flexibility index (Phi) is 5.85. The molecule has 3 aromatic rings. The summed E-state index contributed by atoms with van der Waals surface area (Å²) in [6.45, 7) is 0. The van der Waals surface area contributed by atoms with Gasteiger partial charge in [-0.05, 0) is 42.0 Å². The van der Waals surface area contributed by atoms with Crippen molar-refractivity contribution in [1.29, 1.82) is 0 Å². The summed E-state index contributed by atoms with van der Waals surface area (Å²) in [4.78, 5) is 1.08. The average Bonchev–Trinajstić information content (AvgIpc) is 2.68. The van der Waals surface area contributed by atoms with E-state index in [0.29, 0.717) is 11.4 Å². The quantitative estimate of drug-likeness (QED) is 0.594. The lowest BCUT2D eigenvalue weighted by Crippen LogP contribution is -2.13. The summed E-state index contributed by atoms with van der Waals surface area (Å²) in [5, 5.41) is 0. The minimum Gasteiger partial charge on any atom is -0.497 e. The van der Waals surface area contributed by atoms with E-state index in [9.17, 15) is 8.42 Å². The largest absolute Gasteiger partial charge is 0.497 e. The van der Waals surface area contributed by atoms with Gasteiger partial charge in [0.25, 0.3) is 10.0 Å². The van der Waals surface area contributed by atoms with E-state index in [1.165, 1.54) is 17.7 Å². The van der Waals surface area contributed by atoms with Crippen LogP contribution in [0.2, 0.25) is 0 Å². The summed E-state index contributed by atoms with van der Waals surface area (Å²) in [7, 11) is -2.12. The summed E-state index contributed by atoms with van der Waals surface area (Å²) in [6.07, 6.45) is 0. The van der Waals surface area contributed by atoms with Gasteiger partial charge in [0, 0.05) is 10.6 Å². The standard InChI is InChI=1S/C20H19NO3S2/c1-24-17-11-13-18(14-12-17)26(22,23)21-19-9-5-6-10-20(19)25-15-16-7-3-2-4-8-16/h2-14,21H,15H2,1H3. The Labute approximate surface area is 158 Å². The van der Waals surface area contributed by atoms with E-state index >= 15 is 0 Å². The number of nitrogens with one attached hydrogen (secondary N) is 1. The van der Waals surface area contributed by atoms with Crippen molar-refractivity contribution in [3.05, 3.63) is 84.4 Å². The molecule has 0 bridgehead atoms. The number of rotatable bonds is 7. The SMILES string of the molecule is COc1ccc(S(=O)(=O)Nc2ccccc2SCc2ccccc2)cc1. The highest BCUT2D eigenvalue weighted by Gasteiger charge is 2.16. The fraction of sp³-hybridized carbons (Fsp3) is 0.100. The molecule has 0 aliphatic rings. The lowest BCUT2D eigenvalue weighted by Gasteiger charge is -2.12. The van der Waals surface area contributed by atoms with Gasteiger partial charge in [-0.3, -0.25) is 4.72 Å². The van der Waals surface area contributed by atoms with Crippen molar-refractivity contribution >= 4 is 27.5 Å². The van der Waals surface area contributed by atoms with Gasteiger partial charge in [0.15, 0.2) is 0 Å². The Morgan fingerprint density at radius 1 is 0.885 bits per heavy atom. The van der Waals surface area contributed by atoms with Gasteiger partial charge in [-0.15, -0.1) is 11.8 Å². The Morgan fingerprint density at radius 3 is 2.23 bits per heavy atom. The van der Waals surface area contributed by atoms with Crippen LogP contribution >= 0.6 is 11.8 Å². The van der Waals surface area contributed by atoms with Crippen LogP contribution in [0.25, 0.3) is 0 Å². The number of thioether (sulfide) groups is 1. The first-order valence-corrected chi connectivity index (χ1v) is 10.5. The molecular formula is C20H19NO3S2. The number of benzene rings is 3. The second-order valence-corrected chi connectivity index (χ2v) is 8.25. The summed E-state index contributed by atoms with van der Waals surface area (Å²) >= 11 is 1.60. The van der Waals surface area contributed by atoms with Gasteiger partial charge in [-0.2, -0.15) is 0 Å². The molecule has 6 heteroatoms. The van der Waals surface area contributed by atoms with Gasteiger partial charge < -0.3 is 4.74 Å². The molecule has 134 valence electrons. The monoisotopic (exact) mass is 385 g/mol. The van der Waals surface area contributed by atoms with E-state index in [2.05, 4.69) is 16.9 Å². The van der Waals surface area contributed by atoms with E-state index in [1.54, 1.807) is 37.1 Å². The van der Waals surface area contributed by atoms with Crippen molar-refractivity contribution in [2.75, 3.05) is 11.8 Å². The van der Waals surface area contributed by atoms with Gasteiger partial charge in [-0.25, -0.2) is 8.42 Å². The maximum Gasteiger partial charge on any atom is 0.261 e. The third-order valence-electron chi connectivity index (χ3n) is 3.74. The number of methoxy groups -OCH3 is 1. The van der Waals surface area contributed by atoms with Crippen molar-refractivity contribution in [2.45, 2.75) is 15.5 Å². The zero-order valence-electron chi connectivity index (χ0n) is 14.3. The van der Waals surface area contributed by atoms with E-state index < -0.39 is 10.0 Å². The van der Waals surface area contributed by atoms with Gasteiger partial charge in [0.2, 0.25) is 0 Å². The van der Waals surface area contributed by atoms with Crippen molar-refractivity contribution in [2.24, 2.45) is 0 Å². The van der Waals surface area contributed by atoms with Crippen LogP contribution in [0.15, 0.2) is 88.7 Å². The topological polar surface area (TPSA) is 55.4 Å². The van der Waals surface area contributed by atoms with Crippen LogP contribution in [-0.4, -0.2) is 15.5 Å². The molecule has 0 saturated heterocycles. The van der Waals surface area contributed by atoms with Crippen molar-refractivity contribution in [3.8, 4) is 5.75 Å². The first kappa shape index (κ1) is 18.4. The zero-order valence-corrected chi connectivity index (χ0v) is 15.9. The number of sulfonamides is 1. The second-order valence-electron chi connectivity index (χ2n) is 5.55. The van der Waals surface area contributed by atoms with Crippen molar-refractivity contribution < 1.29 is 13.2 Å². The van der Waals surface area contributed by atoms with Gasteiger partial charge in [0.1, 0.15) is 5.75 Å². The third kappa shape index (κ3) is 4.59. The number of hydrogen-bond acceptors (Lipinski definition) is 4. The van der Waals surface area contributed by atoms with Crippen LogP contribution in [0.1, 0.15) is 5.56 Å². The molecule has 0 unspecified atom stereocenters. The molecule has 0 aromatic heterocycles. The Hall–Kier alpha value is -2.44.